The van der Waals surface area contributed by atoms with Crippen molar-refractivity contribution >= 4 is 10.8 Å². The van der Waals surface area contributed by atoms with Crippen LogP contribution >= 0.6 is 0 Å². The first-order valence-corrected chi connectivity index (χ1v) is 4.27. The van der Waals surface area contributed by atoms with Crippen molar-refractivity contribution in [2.45, 2.75) is 6.92 Å². The zero-order valence-electron chi connectivity index (χ0n) is 7.81. The summed E-state index contributed by atoms with van der Waals surface area (Å²) in [6.45, 7) is 1.52. The van der Waals surface area contributed by atoms with E-state index in [9.17, 15) is 18.3 Å². The third-order valence-electron chi connectivity index (χ3n) is 2.25. The first kappa shape index (κ1) is 9.83. The number of aryl methyl sites for hydroxylation is 1. The first-order valence-electron chi connectivity index (χ1n) is 4.27. The summed E-state index contributed by atoms with van der Waals surface area (Å²) in [4.78, 5) is 0. The van der Waals surface area contributed by atoms with Crippen molar-refractivity contribution < 1.29 is 18.3 Å². The molecule has 2 aromatic carbocycles. The van der Waals surface area contributed by atoms with Gasteiger partial charge in [-0.05, 0) is 36.1 Å². The van der Waals surface area contributed by atoms with Crippen molar-refractivity contribution in [1.82, 2.24) is 0 Å². The van der Waals surface area contributed by atoms with Crippen LogP contribution in [0, 0.1) is 24.4 Å². The predicted molar refractivity (Wildman–Crippen MR) is 50.2 cm³/mol. The highest BCUT2D eigenvalue weighted by Gasteiger charge is 2.15. The Balaban J connectivity index is 2.99. The van der Waals surface area contributed by atoms with Crippen LogP contribution in [0.1, 0.15) is 5.56 Å². The van der Waals surface area contributed by atoms with Gasteiger partial charge in [0.05, 0.1) is 0 Å². The molecule has 0 amide bonds. The lowest BCUT2D eigenvalue weighted by molar-refractivity contribution is 0.452. The Morgan fingerprint density at radius 2 is 1.67 bits per heavy atom. The molecule has 2 rings (SSSR count). The maximum absolute atomic E-state index is 13.4. The standard InChI is InChI=1S/C11H7F3O/c1-5-2-7(15)3-6-4-8(12)10(13)11(14)9(5)6/h2-4,15H,1H3. The monoisotopic (exact) mass is 212 g/mol. The van der Waals surface area contributed by atoms with Crippen molar-refractivity contribution in [2.24, 2.45) is 0 Å². The van der Waals surface area contributed by atoms with Crippen molar-refractivity contribution in [3.8, 4) is 5.75 Å². The van der Waals surface area contributed by atoms with E-state index in [0.29, 0.717) is 5.56 Å². The smallest absolute Gasteiger partial charge is 0.195 e. The molecule has 0 spiro atoms. The van der Waals surface area contributed by atoms with Gasteiger partial charge < -0.3 is 5.11 Å². The lowest BCUT2D eigenvalue weighted by Gasteiger charge is -2.06. The van der Waals surface area contributed by atoms with Gasteiger partial charge in [0.15, 0.2) is 17.5 Å². The minimum Gasteiger partial charge on any atom is -0.508 e. The first-order chi connectivity index (χ1) is 7.00. The van der Waals surface area contributed by atoms with Crippen molar-refractivity contribution in [3.05, 3.63) is 41.2 Å². The summed E-state index contributed by atoms with van der Waals surface area (Å²) in [6, 6.07) is 3.34. The number of rotatable bonds is 0. The van der Waals surface area contributed by atoms with Gasteiger partial charge in [-0.1, -0.05) is 0 Å². The molecule has 0 saturated carbocycles. The zero-order chi connectivity index (χ0) is 11.2. The van der Waals surface area contributed by atoms with Crippen LogP contribution in [0.15, 0.2) is 18.2 Å². The van der Waals surface area contributed by atoms with E-state index in [2.05, 4.69) is 0 Å². The third-order valence-corrected chi connectivity index (χ3v) is 2.25. The van der Waals surface area contributed by atoms with Gasteiger partial charge in [0.1, 0.15) is 5.75 Å². The number of fused-ring (bicyclic) bond motifs is 1. The minimum atomic E-state index is -1.49. The molecule has 4 heteroatoms. The molecule has 0 saturated heterocycles. The van der Waals surface area contributed by atoms with E-state index in [0.717, 1.165) is 6.07 Å². The number of hydrogen-bond acceptors (Lipinski definition) is 1. The Labute approximate surface area is 83.8 Å². The summed E-state index contributed by atoms with van der Waals surface area (Å²) in [5, 5.41) is 9.36. The van der Waals surface area contributed by atoms with Crippen molar-refractivity contribution in [2.75, 3.05) is 0 Å². The molecule has 0 aliphatic heterocycles. The average molecular weight is 212 g/mol. The molecule has 2 aromatic rings. The summed E-state index contributed by atoms with van der Waals surface area (Å²) in [5.41, 5.74) is 0.362. The van der Waals surface area contributed by atoms with Crippen LogP contribution < -0.4 is 0 Å². The average Bonchev–Trinajstić information content (AvgIpc) is 2.13. The third kappa shape index (κ3) is 1.42. The molecule has 0 aliphatic carbocycles. The molecular weight excluding hydrogens is 205 g/mol. The van der Waals surface area contributed by atoms with Gasteiger partial charge in [0.25, 0.3) is 0 Å². The molecule has 0 bridgehead atoms. The maximum atomic E-state index is 13.4. The van der Waals surface area contributed by atoms with Crippen molar-refractivity contribution in [3.63, 3.8) is 0 Å². The number of hydrogen-bond donors (Lipinski definition) is 1. The van der Waals surface area contributed by atoms with E-state index < -0.39 is 17.5 Å². The van der Waals surface area contributed by atoms with Gasteiger partial charge in [0, 0.05) is 5.39 Å². The molecule has 0 unspecified atom stereocenters. The highest BCUT2D eigenvalue weighted by atomic mass is 19.2. The van der Waals surface area contributed by atoms with Crippen LogP contribution in [0.4, 0.5) is 13.2 Å². The van der Waals surface area contributed by atoms with Gasteiger partial charge in [-0.25, -0.2) is 13.2 Å². The summed E-state index contributed by atoms with van der Waals surface area (Å²) < 4.78 is 39.2. The molecule has 0 atom stereocenters. The Morgan fingerprint density at radius 3 is 2.33 bits per heavy atom. The Morgan fingerprint density at radius 1 is 1.00 bits per heavy atom. The van der Waals surface area contributed by atoms with E-state index in [1.165, 1.54) is 19.1 Å². The normalized spacial score (nSPS) is 10.9. The summed E-state index contributed by atoms with van der Waals surface area (Å²) in [5.74, 6) is -4.07. The second-order valence-electron chi connectivity index (χ2n) is 3.35. The predicted octanol–water partition coefficient (Wildman–Crippen LogP) is 3.27. The van der Waals surface area contributed by atoms with Gasteiger partial charge in [0.2, 0.25) is 0 Å². The summed E-state index contributed by atoms with van der Waals surface area (Å²) in [6.07, 6.45) is 0. The largest absolute Gasteiger partial charge is 0.508 e. The van der Waals surface area contributed by atoms with E-state index in [1.54, 1.807) is 0 Å². The molecule has 0 fully saturated rings. The molecule has 0 radical (unpaired) electrons. The van der Waals surface area contributed by atoms with E-state index >= 15 is 0 Å². The number of phenols is 1. The molecular formula is C11H7F3O. The molecule has 0 aromatic heterocycles. The fourth-order valence-corrected chi connectivity index (χ4v) is 1.62. The van der Waals surface area contributed by atoms with Crippen LogP contribution in [0.2, 0.25) is 0 Å². The number of halogens is 3. The highest BCUT2D eigenvalue weighted by Crippen LogP contribution is 2.29. The Hall–Kier alpha value is -1.71. The molecule has 0 heterocycles. The topological polar surface area (TPSA) is 20.2 Å². The fourth-order valence-electron chi connectivity index (χ4n) is 1.62. The second-order valence-corrected chi connectivity index (χ2v) is 3.35. The van der Waals surface area contributed by atoms with Gasteiger partial charge in [-0.3, -0.25) is 0 Å². The lowest BCUT2D eigenvalue weighted by Crippen LogP contribution is -1.93. The van der Waals surface area contributed by atoms with E-state index in [1.807, 2.05) is 0 Å². The zero-order valence-corrected chi connectivity index (χ0v) is 7.81. The molecule has 1 N–H and O–H groups in total. The van der Waals surface area contributed by atoms with E-state index in [-0.39, 0.29) is 16.5 Å². The molecule has 1 nitrogen and oxygen atoms in total. The SMILES string of the molecule is Cc1cc(O)cc2cc(F)c(F)c(F)c12. The molecule has 78 valence electrons. The van der Waals surface area contributed by atoms with Crippen LogP contribution in [-0.4, -0.2) is 5.11 Å². The van der Waals surface area contributed by atoms with Gasteiger partial charge in [-0.2, -0.15) is 0 Å². The number of phenolic OH excluding ortho intramolecular Hbond substituents is 1. The molecule has 15 heavy (non-hydrogen) atoms. The van der Waals surface area contributed by atoms with Gasteiger partial charge in [-0.15, -0.1) is 0 Å². The van der Waals surface area contributed by atoms with Crippen LogP contribution in [0.25, 0.3) is 10.8 Å². The fraction of sp³-hybridized carbons (Fsp3) is 0.0909. The van der Waals surface area contributed by atoms with Crippen molar-refractivity contribution in [1.29, 1.82) is 0 Å². The van der Waals surface area contributed by atoms with Crippen LogP contribution in [-0.2, 0) is 0 Å². The lowest BCUT2D eigenvalue weighted by atomic mass is 10.0. The number of benzene rings is 2. The summed E-state index contributed by atoms with van der Waals surface area (Å²) in [7, 11) is 0. The highest BCUT2D eigenvalue weighted by molar-refractivity contribution is 5.87. The van der Waals surface area contributed by atoms with Gasteiger partial charge >= 0.3 is 0 Å². The Bertz CT molecular complexity index is 549. The second kappa shape index (κ2) is 3.15. The molecule has 0 aliphatic rings. The van der Waals surface area contributed by atoms with E-state index in [4.69, 9.17) is 0 Å². The van der Waals surface area contributed by atoms with Crippen LogP contribution in [0.3, 0.4) is 0 Å². The maximum Gasteiger partial charge on any atom is 0.195 e. The van der Waals surface area contributed by atoms with Crippen LogP contribution in [0.5, 0.6) is 5.75 Å². The quantitative estimate of drug-likeness (QED) is 0.664. The number of aromatic hydroxyl groups is 1. The summed E-state index contributed by atoms with van der Waals surface area (Å²) >= 11 is 0. The Kier molecular flexibility index (Phi) is 2.07. The minimum absolute atomic E-state index is 0.00769.